The highest BCUT2D eigenvalue weighted by atomic mass is 16.5. The maximum atomic E-state index is 12.0. The predicted molar refractivity (Wildman–Crippen MR) is 101 cm³/mol. The summed E-state index contributed by atoms with van der Waals surface area (Å²) in [6.45, 7) is 4.63. The summed E-state index contributed by atoms with van der Waals surface area (Å²) < 4.78 is 5.59. The van der Waals surface area contributed by atoms with Gasteiger partial charge in [0.05, 0.1) is 11.8 Å². The summed E-state index contributed by atoms with van der Waals surface area (Å²) in [5, 5.41) is 19.4. The molecule has 2 aromatic heterocycles. The Morgan fingerprint density at radius 2 is 2.15 bits per heavy atom. The maximum Gasteiger partial charge on any atom is 0.246 e. The van der Waals surface area contributed by atoms with Gasteiger partial charge in [-0.25, -0.2) is 0 Å². The number of aromatic hydroxyl groups is 1. The minimum Gasteiger partial charge on any atom is -0.507 e. The number of nitrogens with one attached hydrogen (secondary N) is 1. The second-order valence-corrected chi connectivity index (χ2v) is 6.60. The molecular weight excluding hydrogens is 344 g/mol. The van der Waals surface area contributed by atoms with Crippen molar-refractivity contribution in [2.45, 2.75) is 12.0 Å². The molecule has 0 radical (unpaired) electrons. The minimum absolute atomic E-state index is 0.0154. The first-order valence-corrected chi connectivity index (χ1v) is 8.69. The first-order valence-electron chi connectivity index (χ1n) is 8.69. The summed E-state index contributed by atoms with van der Waals surface area (Å²) in [7, 11) is 1.65. The number of fused-ring (bicyclic) bond motifs is 1. The van der Waals surface area contributed by atoms with E-state index in [2.05, 4.69) is 21.8 Å². The third-order valence-corrected chi connectivity index (χ3v) is 5.03. The number of ether oxygens (including phenoxy) is 1. The molecule has 7 heteroatoms. The zero-order valence-electron chi connectivity index (χ0n) is 14.9. The van der Waals surface area contributed by atoms with Gasteiger partial charge >= 0.3 is 0 Å². The third kappa shape index (κ3) is 3.06. The van der Waals surface area contributed by atoms with Gasteiger partial charge in [-0.1, -0.05) is 18.7 Å². The van der Waals surface area contributed by atoms with Crippen molar-refractivity contribution in [3.8, 4) is 17.0 Å². The van der Waals surface area contributed by atoms with Gasteiger partial charge in [0, 0.05) is 42.8 Å². The summed E-state index contributed by atoms with van der Waals surface area (Å²) in [6.07, 6.45) is 1.22. The van der Waals surface area contributed by atoms with Crippen LogP contribution in [-0.2, 0) is 9.53 Å². The molecule has 0 bridgehead atoms. The van der Waals surface area contributed by atoms with E-state index in [0.29, 0.717) is 30.0 Å². The number of para-hydroxylation sites is 1. The lowest BCUT2D eigenvalue weighted by Crippen LogP contribution is -2.28. The van der Waals surface area contributed by atoms with E-state index in [1.165, 1.54) is 6.08 Å². The molecule has 0 saturated carbocycles. The average molecular weight is 364 g/mol. The Bertz CT molecular complexity index is 1010. The van der Waals surface area contributed by atoms with E-state index in [1.54, 1.807) is 30.2 Å². The van der Waals surface area contributed by atoms with E-state index >= 15 is 0 Å². The molecule has 1 saturated heterocycles. The molecule has 4 rings (SSSR count). The number of aromatic nitrogens is 3. The number of phenols is 1. The molecule has 2 atom stereocenters. The summed E-state index contributed by atoms with van der Waals surface area (Å²) in [4.78, 5) is 17.0. The van der Waals surface area contributed by atoms with Crippen molar-refractivity contribution in [3.05, 3.63) is 54.7 Å². The van der Waals surface area contributed by atoms with Crippen LogP contribution in [0.2, 0.25) is 0 Å². The normalized spacial score (nSPS) is 19.5. The van der Waals surface area contributed by atoms with Gasteiger partial charge in [0.15, 0.2) is 5.65 Å². The molecule has 0 aliphatic carbocycles. The monoisotopic (exact) mass is 364 g/mol. The van der Waals surface area contributed by atoms with Crippen LogP contribution in [0, 0.1) is 0 Å². The number of rotatable bonds is 4. The van der Waals surface area contributed by atoms with Crippen molar-refractivity contribution in [2.75, 3.05) is 20.2 Å². The van der Waals surface area contributed by atoms with Crippen LogP contribution in [0.4, 0.5) is 0 Å². The van der Waals surface area contributed by atoms with Gasteiger partial charge in [-0.05, 0) is 30.3 Å². The molecule has 1 amide bonds. The molecule has 0 spiro atoms. The Morgan fingerprint density at radius 3 is 2.89 bits per heavy atom. The highest BCUT2D eigenvalue weighted by molar-refractivity contribution is 5.87. The Morgan fingerprint density at radius 1 is 1.33 bits per heavy atom. The Kier molecular flexibility index (Phi) is 4.37. The number of hydrogen-bond acceptors (Lipinski definition) is 5. The topological polar surface area (TPSA) is 91.3 Å². The number of H-pyrrole nitrogens is 1. The zero-order valence-corrected chi connectivity index (χ0v) is 14.9. The fraction of sp³-hybridized carbons (Fsp3) is 0.250. The molecule has 1 unspecified atom stereocenters. The second kappa shape index (κ2) is 6.85. The Hall–Kier alpha value is -3.19. The summed E-state index contributed by atoms with van der Waals surface area (Å²) in [5.74, 6) is 0.0784. The number of carbonyl (C=O) groups is 1. The standard InChI is InChI=1S/C20H20N4O3/c1-3-19(26)24-10-14(18(11-24)27-2)15-8-12-9-16(22-23-20(12)21-15)13-6-4-5-7-17(13)25/h3-9,14,18,25H,1,10-11H2,2H3,(H,21,23)/t14?,18-/m0/s1. The van der Waals surface area contributed by atoms with Gasteiger partial charge < -0.3 is 19.7 Å². The first-order chi connectivity index (χ1) is 13.1. The van der Waals surface area contributed by atoms with Crippen molar-refractivity contribution in [1.82, 2.24) is 20.1 Å². The smallest absolute Gasteiger partial charge is 0.246 e. The lowest BCUT2D eigenvalue weighted by molar-refractivity contribution is -0.125. The lowest BCUT2D eigenvalue weighted by Gasteiger charge is -2.14. The summed E-state index contributed by atoms with van der Waals surface area (Å²) in [5.41, 5.74) is 2.84. The van der Waals surface area contributed by atoms with Gasteiger partial charge in [-0.2, -0.15) is 0 Å². The number of carbonyl (C=O) groups excluding carboxylic acids is 1. The number of nitrogens with zero attached hydrogens (tertiary/aromatic N) is 3. The molecule has 7 nitrogen and oxygen atoms in total. The van der Waals surface area contributed by atoms with Crippen LogP contribution < -0.4 is 0 Å². The summed E-state index contributed by atoms with van der Waals surface area (Å²) >= 11 is 0. The Balaban J connectivity index is 1.68. The summed E-state index contributed by atoms with van der Waals surface area (Å²) in [6, 6.07) is 10.9. The fourth-order valence-electron chi connectivity index (χ4n) is 3.60. The number of aromatic amines is 1. The largest absolute Gasteiger partial charge is 0.507 e. The molecule has 3 heterocycles. The number of likely N-dealkylation sites (tertiary alicyclic amines) is 1. The van der Waals surface area contributed by atoms with Crippen LogP contribution in [0.3, 0.4) is 0 Å². The second-order valence-electron chi connectivity index (χ2n) is 6.60. The third-order valence-electron chi connectivity index (χ3n) is 5.03. The van der Waals surface area contributed by atoms with Crippen LogP contribution in [0.25, 0.3) is 22.3 Å². The SMILES string of the molecule is C=CC(=O)N1CC(c2cc3cc(-c4ccccc4O)nnc3[nH]2)[C@@H](OC)C1. The lowest BCUT2D eigenvalue weighted by atomic mass is 10.0. The number of hydrogen-bond donors (Lipinski definition) is 2. The molecule has 1 fully saturated rings. The van der Waals surface area contributed by atoms with E-state index in [0.717, 1.165) is 11.1 Å². The molecule has 1 aromatic carbocycles. The fourth-order valence-corrected chi connectivity index (χ4v) is 3.60. The van der Waals surface area contributed by atoms with E-state index in [-0.39, 0.29) is 23.7 Å². The zero-order chi connectivity index (χ0) is 19.0. The van der Waals surface area contributed by atoms with Crippen LogP contribution >= 0.6 is 0 Å². The van der Waals surface area contributed by atoms with E-state index in [9.17, 15) is 9.90 Å². The van der Waals surface area contributed by atoms with E-state index in [1.807, 2.05) is 18.2 Å². The van der Waals surface area contributed by atoms with E-state index < -0.39 is 0 Å². The quantitative estimate of drug-likeness (QED) is 0.694. The molecule has 2 N–H and O–H groups in total. The highest BCUT2D eigenvalue weighted by Gasteiger charge is 2.36. The van der Waals surface area contributed by atoms with Crippen LogP contribution in [0.1, 0.15) is 11.6 Å². The molecule has 1 aliphatic heterocycles. The van der Waals surface area contributed by atoms with Gasteiger partial charge in [0.25, 0.3) is 0 Å². The number of amides is 1. The van der Waals surface area contributed by atoms with Crippen molar-refractivity contribution in [2.24, 2.45) is 0 Å². The molecular formula is C20H20N4O3. The van der Waals surface area contributed by atoms with Crippen LogP contribution in [0.15, 0.2) is 49.1 Å². The maximum absolute atomic E-state index is 12.0. The number of methoxy groups -OCH3 is 1. The molecule has 138 valence electrons. The van der Waals surface area contributed by atoms with Gasteiger partial charge in [0.1, 0.15) is 5.75 Å². The Labute approximate surface area is 156 Å². The first kappa shape index (κ1) is 17.2. The minimum atomic E-state index is -0.104. The van der Waals surface area contributed by atoms with Crippen LogP contribution in [-0.4, -0.2) is 57.4 Å². The van der Waals surface area contributed by atoms with Crippen molar-refractivity contribution < 1.29 is 14.6 Å². The van der Waals surface area contributed by atoms with Gasteiger partial charge in [-0.3, -0.25) is 4.79 Å². The van der Waals surface area contributed by atoms with Crippen molar-refractivity contribution in [1.29, 1.82) is 0 Å². The van der Waals surface area contributed by atoms with Crippen molar-refractivity contribution in [3.63, 3.8) is 0 Å². The predicted octanol–water partition coefficient (Wildman–Crippen LogP) is 2.46. The average Bonchev–Trinajstić information content (AvgIpc) is 3.30. The highest BCUT2D eigenvalue weighted by Crippen LogP contribution is 2.33. The van der Waals surface area contributed by atoms with Gasteiger partial charge in [-0.15, -0.1) is 10.2 Å². The van der Waals surface area contributed by atoms with Gasteiger partial charge in [0.2, 0.25) is 5.91 Å². The molecule has 27 heavy (non-hydrogen) atoms. The number of benzene rings is 1. The molecule has 1 aliphatic rings. The molecule has 3 aromatic rings. The van der Waals surface area contributed by atoms with Crippen LogP contribution in [0.5, 0.6) is 5.75 Å². The number of phenolic OH excluding ortho intramolecular Hbond substituents is 1. The van der Waals surface area contributed by atoms with E-state index in [4.69, 9.17) is 4.74 Å². The van der Waals surface area contributed by atoms with Crippen molar-refractivity contribution >= 4 is 16.9 Å².